The lowest BCUT2D eigenvalue weighted by atomic mass is 10.3. The van der Waals surface area contributed by atoms with E-state index in [2.05, 4.69) is 0 Å². The molecule has 1 aromatic rings. The molecule has 0 atom stereocenters. The molecule has 0 N–H and O–H groups in total. The Morgan fingerprint density at radius 1 is 1.47 bits per heavy atom. The second-order valence-electron chi connectivity index (χ2n) is 2.68. The Morgan fingerprint density at radius 3 is 2.73 bits per heavy atom. The molecule has 0 unspecified atom stereocenters. The highest BCUT2D eigenvalue weighted by Crippen LogP contribution is 2.25. The molecule has 0 saturated carbocycles. The van der Waals surface area contributed by atoms with E-state index in [9.17, 15) is 14.9 Å². The number of hydrogen-bond acceptors (Lipinski definition) is 4. The van der Waals surface area contributed by atoms with Gasteiger partial charge in [0.2, 0.25) is 5.24 Å². The molecule has 0 bridgehead atoms. The van der Waals surface area contributed by atoms with E-state index < -0.39 is 10.2 Å². The zero-order valence-corrected chi connectivity index (χ0v) is 8.44. The molecule has 1 aromatic carbocycles. The smallest absolute Gasteiger partial charge is 0.310 e. The number of nitro groups is 1. The zero-order valence-electron chi connectivity index (χ0n) is 7.68. The summed E-state index contributed by atoms with van der Waals surface area (Å²) in [5.74, 6) is 0.139. The molecule has 0 aliphatic rings. The highest BCUT2D eigenvalue weighted by atomic mass is 35.5. The predicted molar refractivity (Wildman–Crippen MR) is 54.1 cm³/mol. The van der Waals surface area contributed by atoms with Gasteiger partial charge in [0, 0.05) is 6.07 Å². The van der Waals surface area contributed by atoms with Crippen LogP contribution in [0.5, 0.6) is 5.75 Å². The lowest BCUT2D eigenvalue weighted by Gasteiger charge is -2.04. The average Bonchev–Trinajstić information content (AvgIpc) is 2.17. The van der Waals surface area contributed by atoms with E-state index in [1.165, 1.54) is 18.2 Å². The van der Waals surface area contributed by atoms with E-state index in [1.807, 2.05) is 0 Å². The third-order valence-electron chi connectivity index (χ3n) is 1.62. The normalized spacial score (nSPS) is 9.67. The van der Waals surface area contributed by atoms with Crippen molar-refractivity contribution in [2.75, 3.05) is 6.61 Å². The first-order chi connectivity index (χ1) is 7.11. The largest absolute Gasteiger partial charge is 0.486 e. The predicted octanol–water partition coefficient (Wildman–Crippen LogP) is 2.13. The molecule has 0 saturated heterocycles. The number of para-hydroxylation sites is 2. The molecule has 15 heavy (non-hydrogen) atoms. The summed E-state index contributed by atoms with van der Waals surface area (Å²) in [6.45, 7) is 0.0349. The zero-order chi connectivity index (χ0) is 11.3. The maximum Gasteiger partial charge on any atom is 0.310 e. The first-order valence-electron chi connectivity index (χ1n) is 4.16. The lowest BCUT2D eigenvalue weighted by Crippen LogP contribution is -2.03. The third kappa shape index (κ3) is 3.55. The quantitative estimate of drug-likeness (QED) is 0.441. The van der Waals surface area contributed by atoms with Crippen LogP contribution in [0.15, 0.2) is 24.3 Å². The van der Waals surface area contributed by atoms with Crippen LogP contribution in [0.25, 0.3) is 0 Å². The number of carbonyl (C=O) groups is 1. The Kier molecular flexibility index (Phi) is 4.05. The van der Waals surface area contributed by atoms with Crippen LogP contribution in [-0.2, 0) is 4.79 Å². The Balaban J connectivity index is 2.67. The number of halogens is 1. The number of nitro benzene ring substituents is 1. The van der Waals surface area contributed by atoms with E-state index in [4.69, 9.17) is 16.3 Å². The lowest BCUT2D eigenvalue weighted by molar-refractivity contribution is -0.385. The summed E-state index contributed by atoms with van der Waals surface area (Å²) in [6.07, 6.45) is 0.0214. The molecular formula is C9H8ClNO4. The monoisotopic (exact) mass is 229 g/mol. The van der Waals surface area contributed by atoms with Crippen LogP contribution in [-0.4, -0.2) is 16.8 Å². The molecule has 0 fully saturated rings. The SMILES string of the molecule is O=C(Cl)CCOc1ccccc1[N+](=O)[O-]. The van der Waals surface area contributed by atoms with Crippen molar-refractivity contribution in [3.05, 3.63) is 34.4 Å². The average molecular weight is 230 g/mol. The number of hydrogen-bond donors (Lipinski definition) is 0. The van der Waals surface area contributed by atoms with Crippen LogP contribution in [0.3, 0.4) is 0 Å². The van der Waals surface area contributed by atoms with Crippen molar-refractivity contribution in [2.24, 2.45) is 0 Å². The summed E-state index contributed by atoms with van der Waals surface area (Å²) in [7, 11) is 0. The van der Waals surface area contributed by atoms with Gasteiger partial charge in [-0.05, 0) is 17.7 Å². The van der Waals surface area contributed by atoms with Gasteiger partial charge < -0.3 is 4.74 Å². The van der Waals surface area contributed by atoms with Gasteiger partial charge in [-0.2, -0.15) is 0 Å². The molecule has 0 amide bonds. The molecule has 5 nitrogen and oxygen atoms in total. The van der Waals surface area contributed by atoms with Crippen LogP contribution >= 0.6 is 11.6 Å². The summed E-state index contributed by atoms with van der Waals surface area (Å²) in [6, 6.07) is 5.96. The molecule has 0 heterocycles. The van der Waals surface area contributed by atoms with E-state index in [-0.39, 0.29) is 24.5 Å². The second kappa shape index (κ2) is 5.31. The fourth-order valence-corrected chi connectivity index (χ4v) is 1.05. The van der Waals surface area contributed by atoms with Crippen molar-refractivity contribution in [2.45, 2.75) is 6.42 Å². The van der Waals surface area contributed by atoms with Crippen LogP contribution in [0.2, 0.25) is 0 Å². The van der Waals surface area contributed by atoms with Gasteiger partial charge in [-0.25, -0.2) is 0 Å². The number of benzene rings is 1. The summed E-state index contributed by atoms with van der Waals surface area (Å²) >= 11 is 5.09. The standard InChI is InChI=1S/C9H8ClNO4/c10-9(12)5-6-15-8-4-2-1-3-7(8)11(13)14/h1-4H,5-6H2. The molecule has 6 heteroatoms. The van der Waals surface area contributed by atoms with Crippen molar-refractivity contribution < 1.29 is 14.5 Å². The minimum atomic E-state index is -0.544. The van der Waals surface area contributed by atoms with Crippen molar-refractivity contribution in [3.8, 4) is 5.75 Å². The molecular weight excluding hydrogens is 222 g/mol. The molecule has 0 aliphatic heterocycles. The van der Waals surface area contributed by atoms with Gasteiger partial charge in [0.05, 0.1) is 18.0 Å². The minimum absolute atomic E-state index is 0.0214. The van der Waals surface area contributed by atoms with Crippen LogP contribution in [0.1, 0.15) is 6.42 Å². The highest BCUT2D eigenvalue weighted by molar-refractivity contribution is 6.63. The molecule has 0 aliphatic carbocycles. The number of carbonyl (C=O) groups excluding carboxylic acids is 1. The maximum atomic E-state index is 10.6. The third-order valence-corrected chi connectivity index (χ3v) is 1.81. The van der Waals surface area contributed by atoms with E-state index in [1.54, 1.807) is 6.07 Å². The van der Waals surface area contributed by atoms with Crippen LogP contribution < -0.4 is 4.74 Å². The summed E-state index contributed by atoms with van der Waals surface area (Å²) in [5.41, 5.74) is -0.125. The van der Waals surface area contributed by atoms with Gasteiger partial charge in [0.25, 0.3) is 0 Å². The Bertz CT molecular complexity index is 380. The van der Waals surface area contributed by atoms with Gasteiger partial charge in [0.1, 0.15) is 0 Å². The topological polar surface area (TPSA) is 69.4 Å². The number of nitrogens with zero attached hydrogens (tertiary/aromatic N) is 1. The van der Waals surface area contributed by atoms with Gasteiger partial charge >= 0.3 is 5.69 Å². The van der Waals surface area contributed by atoms with Crippen LogP contribution in [0.4, 0.5) is 5.69 Å². The fraction of sp³-hybridized carbons (Fsp3) is 0.222. The molecule has 0 aromatic heterocycles. The Morgan fingerprint density at radius 2 is 2.13 bits per heavy atom. The fourth-order valence-electron chi connectivity index (χ4n) is 0.971. The van der Waals surface area contributed by atoms with Crippen molar-refractivity contribution >= 4 is 22.5 Å². The van der Waals surface area contributed by atoms with E-state index in [0.717, 1.165) is 0 Å². The molecule has 1 rings (SSSR count). The molecule has 0 radical (unpaired) electrons. The summed E-state index contributed by atoms with van der Waals surface area (Å²) in [4.78, 5) is 20.4. The van der Waals surface area contributed by atoms with Gasteiger partial charge in [0.15, 0.2) is 5.75 Å². The second-order valence-corrected chi connectivity index (χ2v) is 3.10. The summed E-state index contributed by atoms with van der Waals surface area (Å²) in [5, 5.41) is 10.0. The van der Waals surface area contributed by atoms with E-state index in [0.29, 0.717) is 0 Å². The maximum absolute atomic E-state index is 10.6. The molecule has 80 valence electrons. The summed E-state index contributed by atoms with van der Waals surface area (Å²) < 4.78 is 5.06. The van der Waals surface area contributed by atoms with Gasteiger partial charge in [-0.3, -0.25) is 14.9 Å². The highest BCUT2D eigenvalue weighted by Gasteiger charge is 2.13. The number of ether oxygens (including phenoxy) is 1. The number of rotatable bonds is 5. The Hall–Kier alpha value is -1.62. The Labute approximate surface area is 90.8 Å². The van der Waals surface area contributed by atoms with E-state index >= 15 is 0 Å². The van der Waals surface area contributed by atoms with Crippen molar-refractivity contribution in [1.29, 1.82) is 0 Å². The molecule has 0 spiro atoms. The first-order valence-corrected chi connectivity index (χ1v) is 4.53. The first kappa shape index (κ1) is 11.5. The minimum Gasteiger partial charge on any atom is -0.486 e. The van der Waals surface area contributed by atoms with Gasteiger partial charge in [-0.15, -0.1) is 0 Å². The van der Waals surface area contributed by atoms with Crippen molar-refractivity contribution in [1.82, 2.24) is 0 Å². The van der Waals surface area contributed by atoms with Crippen LogP contribution in [0, 0.1) is 10.1 Å². The van der Waals surface area contributed by atoms with Crippen molar-refractivity contribution in [3.63, 3.8) is 0 Å². The van der Waals surface area contributed by atoms with Gasteiger partial charge in [-0.1, -0.05) is 12.1 Å².